The van der Waals surface area contributed by atoms with E-state index in [2.05, 4.69) is 17.3 Å². The van der Waals surface area contributed by atoms with E-state index in [1.54, 1.807) is 4.68 Å². The number of benzene rings is 2. The highest BCUT2D eigenvalue weighted by molar-refractivity contribution is 6.04. The Kier molecular flexibility index (Phi) is 4.47. The van der Waals surface area contributed by atoms with Crippen molar-refractivity contribution in [1.82, 2.24) is 9.78 Å². The summed E-state index contributed by atoms with van der Waals surface area (Å²) in [6, 6.07) is 17.6. The van der Waals surface area contributed by atoms with Gasteiger partial charge in [-0.25, -0.2) is 4.68 Å². The maximum Gasteiger partial charge on any atom is 0.274 e. The standard InChI is InChI=1S/C20H21N3O/c1-4-16-10-8-9-14(2)19(16)21-20(24)18-13-15(3)22-23(18)17-11-6-5-7-12-17/h5-13H,4H2,1-3H3,(H,21,24). The SMILES string of the molecule is CCc1cccc(C)c1NC(=O)c1cc(C)nn1-c1ccccc1. The van der Waals surface area contributed by atoms with E-state index >= 15 is 0 Å². The van der Waals surface area contributed by atoms with Gasteiger partial charge < -0.3 is 5.32 Å². The molecule has 1 aromatic heterocycles. The average molecular weight is 319 g/mol. The number of hydrogen-bond acceptors (Lipinski definition) is 2. The summed E-state index contributed by atoms with van der Waals surface area (Å²) in [5.41, 5.74) is 5.30. The largest absolute Gasteiger partial charge is 0.320 e. The van der Waals surface area contributed by atoms with E-state index in [9.17, 15) is 4.79 Å². The van der Waals surface area contributed by atoms with Gasteiger partial charge in [-0.3, -0.25) is 4.79 Å². The molecule has 4 nitrogen and oxygen atoms in total. The summed E-state index contributed by atoms with van der Waals surface area (Å²) < 4.78 is 1.69. The number of hydrogen-bond donors (Lipinski definition) is 1. The van der Waals surface area contributed by atoms with Crippen molar-refractivity contribution in [3.63, 3.8) is 0 Å². The lowest BCUT2D eigenvalue weighted by molar-refractivity contribution is 0.101. The van der Waals surface area contributed by atoms with Crippen LogP contribution in [0.2, 0.25) is 0 Å². The van der Waals surface area contributed by atoms with Gasteiger partial charge in [0, 0.05) is 5.69 Å². The van der Waals surface area contributed by atoms with Crippen LogP contribution < -0.4 is 5.32 Å². The lowest BCUT2D eigenvalue weighted by atomic mass is 10.1. The van der Waals surface area contributed by atoms with Gasteiger partial charge in [0.25, 0.3) is 5.91 Å². The van der Waals surface area contributed by atoms with Crippen molar-refractivity contribution in [2.45, 2.75) is 27.2 Å². The number of para-hydroxylation sites is 2. The minimum atomic E-state index is -0.150. The van der Waals surface area contributed by atoms with Crippen LogP contribution in [0.1, 0.15) is 34.2 Å². The van der Waals surface area contributed by atoms with Crippen LogP contribution in [0.3, 0.4) is 0 Å². The molecule has 0 spiro atoms. The first-order chi connectivity index (χ1) is 11.6. The van der Waals surface area contributed by atoms with Gasteiger partial charge >= 0.3 is 0 Å². The number of nitrogens with one attached hydrogen (secondary N) is 1. The van der Waals surface area contributed by atoms with Gasteiger partial charge in [0.15, 0.2) is 0 Å². The molecule has 0 saturated carbocycles. The maximum absolute atomic E-state index is 12.9. The van der Waals surface area contributed by atoms with Gasteiger partial charge in [-0.05, 0) is 49.6 Å². The third-order valence-electron chi connectivity index (χ3n) is 4.04. The summed E-state index contributed by atoms with van der Waals surface area (Å²) in [6.45, 7) is 5.98. The van der Waals surface area contributed by atoms with Crippen LogP contribution in [-0.2, 0) is 6.42 Å². The van der Waals surface area contributed by atoms with Crippen LogP contribution >= 0.6 is 0 Å². The minimum absolute atomic E-state index is 0.150. The fourth-order valence-electron chi connectivity index (χ4n) is 2.81. The van der Waals surface area contributed by atoms with E-state index in [0.29, 0.717) is 5.69 Å². The summed E-state index contributed by atoms with van der Waals surface area (Å²) in [7, 11) is 0. The molecule has 3 rings (SSSR count). The van der Waals surface area contributed by atoms with Crippen molar-refractivity contribution in [3.8, 4) is 5.69 Å². The zero-order valence-electron chi connectivity index (χ0n) is 14.2. The quantitative estimate of drug-likeness (QED) is 0.779. The van der Waals surface area contributed by atoms with E-state index in [1.165, 1.54) is 0 Å². The Labute approximate surface area is 142 Å². The monoisotopic (exact) mass is 319 g/mol. The van der Waals surface area contributed by atoms with Gasteiger partial charge in [0.2, 0.25) is 0 Å². The topological polar surface area (TPSA) is 46.9 Å². The van der Waals surface area contributed by atoms with E-state index in [-0.39, 0.29) is 5.91 Å². The van der Waals surface area contributed by atoms with Gasteiger partial charge in [-0.15, -0.1) is 0 Å². The Morgan fingerprint density at radius 3 is 2.54 bits per heavy atom. The molecule has 0 aliphatic heterocycles. The molecule has 0 radical (unpaired) electrons. The number of aryl methyl sites for hydroxylation is 3. The number of carbonyl (C=O) groups excluding carboxylic acids is 1. The molecule has 1 amide bonds. The van der Waals surface area contributed by atoms with E-state index in [1.807, 2.05) is 68.4 Å². The Morgan fingerprint density at radius 1 is 1.08 bits per heavy atom. The lowest BCUT2D eigenvalue weighted by Gasteiger charge is -2.13. The second kappa shape index (κ2) is 6.71. The molecule has 122 valence electrons. The van der Waals surface area contributed by atoms with E-state index < -0.39 is 0 Å². The fourth-order valence-corrected chi connectivity index (χ4v) is 2.81. The van der Waals surface area contributed by atoms with Crippen LogP contribution in [0.15, 0.2) is 54.6 Å². The Morgan fingerprint density at radius 2 is 1.83 bits per heavy atom. The van der Waals surface area contributed by atoms with Gasteiger partial charge in [-0.2, -0.15) is 5.10 Å². The van der Waals surface area contributed by atoms with Crippen LogP contribution in [0.4, 0.5) is 5.69 Å². The normalized spacial score (nSPS) is 10.6. The fraction of sp³-hybridized carbons (Fsp3) is 0.200. The first-order valence-electron chi connectivity index (χ1n) is 8.12. The molecule has 0 aliphatic rings. The number of amides is 1. The third kappa shape index (κ3) is 3.08. The van der Waals surface area contributed by atoms with Crippen molar-refractivity contribution in [3.05, 3.63) is 77.1 Å². The molecule has 1 heterocycles. The maximum atomic E-state index is 12.9. The highest BCUT2D eigenvalue weighted by Gasteiger charge is 2.17. The van der Waals surface area contributed by atoms with E-state index in [0.717, 1.165) is 34.6 Å². The van der Waals surface area contributed by atoms with Gasteiger partial charge in [0.05, 0.1) is 11.4 Å². The number of rotatable bonds is 4. The van der Waals surface area contributed by atoms with Crippen molar-refractivity contribution in [2.24, 2.45) is 0 Å². The van der Waals surface area contributed by atoms with Crippen molar-refractivity contribution in [1.29, 1.82) is 0 Å². The molecule has 3 aromatic rings. The highest BCUT2D eigenvalue weighted by atomic mass is 16.2. The molecule has 0 atom stereocenters. The smallest absolute Gasteiger partial charge is 0.274 e. The molecule has 1 N–H and O–H groups in total. The zero-order valence-corrected chi connectivity index (χ0v) is 14.2. The third-order valence-corrected chi connectivity index (χ3v) is 4.04. The summed E-state index contributed by atoms with van der Waals surface area (Å²) in [6.07, 6.45) is 0.869. The number of carbonyl (C=O) groups is 1. The second-order valence-electron chi connectivity index (χ2n) is 5.84. The molecule has 2 aromatic carbocycles. The molecule has 0 unspecified atom stereocenters. The molecular formula is C20H21N3O. The minimum Gasteiger partial charge on any atom is -0.320 e. The highest BCUT2D eigenvalue weighted by Crippen LogP contribution is 2.22. The molecule has 4 heteroatoms. The van der Waals surface area contributed by atoms with Crippen molar-refractivity contribution >= 4 is 11.6 Å². The van der Waals surface area contributed by atoms with Crippen LogP contribution in [0, 0.1) is 13.8 Å². The molecule has 0 bridgehead atoms. The first kappa shape index (κ1) is 16.0. The number of nitrogens with zero attached hydrogens (tertiary/aromatic N) is 2. The Balaban J connectivity index is 1.98. The Hall–Kier alpha value is -2.88. The van der Waals surface area contributed by atoms with Crippen molar-refractivity contribution < 1.29 is 4.79 Å². The van der Waals surface area contributed by atoms with Crippen LogP contribution in [-0.4, -0.2) is 15.7 Å². The summed E-state index contributed by atoms with van der Waals surface area (Å²) in [5, 5.41) is 7.53. The summed E-state index contributed by atoms with van der Waals surface area (Å²) in [4.78, 5) is 12.9. The summed E-state index contributed by atoms with van der Waals surface area (Å²) in [5.74, 6) is -0.150. The summed E-state index contributed by atoms with van der Waals surface area (Å²) >= 11 is 0. The van der Waals surface area contributed by atoms with Crippen molar-refractivity contribution in [2.75, 3.05) is 5.32 Å². The molecule has 0 fully saturated rings. The molecular weight excluding hydrogens is 298 g/mol. The molecule has 0 aliphatic carbocycles. The van der Waals surface area contributed by atoms with Crippen LogP contribution in [0.5, 0.6) is 0 Å². The second-order valence-corrected chi connectivity index (χ2v) is 5.84. The molecule has 0 saturated heterocycles. The van der Waals surface area contributed by atoms with E-state index in [4.69, 9.17) is 0 Å². The van der Waals surface area contributed by atoms with Crippen LogP contribution in [0.25, 0.3) is 5.69 Å². The van der Waals surface area contributed by atoms with Gasteiger partial charge in [-0.1, -0.05) is 43.3 Å². The zero-order chi connectivity index (χ0) is 17.1. The Bertz CT molecular complexity index is 866. The first-order valence-corrected chi connectivity index (χ1v) is 8.12. The predicted octanol–water partition coefficient (Wildman–Crippen LogP) is 4.30. The van der Waals surface area contributed by atoms with Gasteiger partial charge in [0.1, 0.15) is 5.69 Å². The predicted molar refractivity (Wildman–Crippen MR) is 96.8 cm³/mol. The average Bonchev–Trinajstić information content (AvgIpc) is 2.99. The number of aromatic nitrogens is 2. The number of anilines is 1. The lowest BCUT2D eigenvalue weighted by Crippen LogP contribution is -2.18. The molecule has 24 heavy (non-hydrogen) atoms.